The normalized spacial score (nSPS) is 11.1. The molecule has 0 bridgehead atoms. The van der Waals surface area contributed by atoms with Gasteiger partial charge in [-0.25, -0.2) is 0 Å². The van der Waals surface area contributed by atoms with Crippen LogP contribution in [0.3, 0.4) is 0 Å². The van der Waals surface area contributed by atoms with Crippen LogP contribution in [-0.4, -0.2) is 46.0 Å². The van der Waals surface area contributed by atoms with Crippen LogP contribution >= 0.6 is 11.6 Å². The third-order valence-electron chi connectivity index (χ3n) is 4.68. The fraction of sp³-hybridized carbons (Fsp3) is 0.429. The number of hydrogen-bond acceptors (Lipinski definition) is 3. The van der Waals surface area contributed by atoms with E-state index in [1.165, 1.54) is 5.56 Å². The van der Waals surface area contributed by atoms with E-state index in [9.17, 15) is 9.59 Å². The molecular weight excluding hydrogens is 364 g/mol. The predicted octanol–water partition coefficient (Wildman–Crippen LogP) is 3.98. The van der Waals surface area contributed by atoms with Gasteiger partial charge in [0.15, 0.2) is 5.78 Å². The number of benzene rings is 1. The molecular formula is C21H27ClN2O3. The van der Waals surface area contributed by atoms with E-state index in [0.29, 0.717) is 12.1 Å². The molecule has 1 aromatic carbocycles. The Labute approximate surface area is 165 Å². The largest absolute Gasteiger partial charge is 0.480 e. The van der Waals surface area contributed by atoms with Crippen molar-refractivity contribution in [3.8, 4) is 0 Å². The van der Waals surface area contributed by atoms with E-state index in [1.807, 2.05) is 51.1 Å². The molecule has 0 saturated carbocycles. The summed E-state index contributed by atoms with van der Waals surface area (Å²) in [6.07, 6.45) is 1.66. The maximum Gasteiger partial charge on any atom is 0.317 e. The second-order valence-corrected chi connectivity index (χ2v) is 7.28. The lowest BCUT2D eigenvalue weighted by molar-refractivity contribution is -0.138. The van der Waals surface area contributed by atoms with Crippen molar-refractivity contribution in [3.63, 3.8) is 0 Å². The van der Waals surface area contributed by atoms with Gasteiger partial charge in [0.05, 0.1) is 13.1 Å². The Kier molecular flexibility index (Phi) is 7.63. The van der Waals surface area contributed by atoms with Crippen LogP contribution in [0.2, 0.25) is 5.02 Å². The summed E-state index contributed by atoms with van der Waals surface area (Å²) < 4.78 is 2.14. The zero-order chi connectivity index (χ0) is 20.0. The van der Waals surface area contributed by atoms with E-state index in [1.54, 1.807) is 4.90 Å². The highest BCUT2D eigenvalue weighted by atomic mass is 35.5. The van der Waals surface area contributed by atoms with Gasteiger partial charge in [0.1, 0.15) is 0 Å². The minimum absolute atomic E-state index is 0.0319. The van der Waals surface area contributed by atoms with Crippen LogP contribution in [-0.2, 0) is 17.8 Å². The second kappa shape index (κ2) is 9.72. The van der Waals surface area contributed by atoms with E-state index in [2.05, 4.69) is 4.57 Å². The molecule has 0 amide bonds. The molecule has 0 unspecified atom stereocenters. The molecule has 0 aliphatic heterocycles. The van der Waals surface area contributed by atoms with Gasteiger partial charge in [-0.3, -0.25) is 14.5 Å². The first-order valence-electron chi connectivity index (χ1n) is 9.20. The van der Waals surface area contributed by atoms with Crippen molar-refractivity contribution in [3.05, 3.63) is 57.9 Å². The maximum absolute atomic E-state index is 12.7. The minimum Gasteiger partial charge on any atom is -0.480 e. The van der Waals surface area contributed by atoms with E-state index < -0.39 is 5.97 Å². The maximum atomic E-state index is 12.7. The van der Waals surface area contributed by atoms with Crippen molar-refractivity contribution < 1.29 is 14.7 Å². The van der Waals surface area contributed by atoms with Crippen molar-refractivity contribution in [1.29, 1.82) is 0 Å². The summed E-state index contributed by atoms with van der Waals surface area (Å²) in [5, 5.41) is 9.75. The first-order chi connectivity index (χ1) is 12.8. The predicted molar refractivity (Wildman–Crippen MR) is 108 cm³/mol. The number of rotatable bonds is 10. The molecule has 1 N–H and O–H groups in total. The quantitative estimate of drug-likeness (QED) is 0.623. The number of carboxylic acid groups (broad SMARTS) is 1. The zero-order valence-corrected chi connectivity index (χ0v) is 16.9. The Morgan fingerprint density at radius 2 is 1.81 bits per heavy atom. The third-order valence-corrected chi connectivity index (χ3v) is 4.93. The Bertz CT molecular complexity index is 797. The smallest absolute Gasteiger partial charge is 0.317 e. The lowest BCUT2D eigenvalue weighted by atomic mass is 10.1. The molecule has 2 rings (SSSR count). The molecule has 6 heteroatoms. The lowest BCUT2D eigenvalue weighted by Gasteiger charge is -2.18. The van der Waals surface area contributed by atoms with Crippen molar-refractivity contribution in [2.45, 2.75) is 40.2 Å². The summed E-state index contributed by atoms with van der Waals surface area (Å²) in [5.41, 5.74) is 3.83. The zero-order valence-electron chi connectivity index (χ0n) is 16.2. The third kappa shape index (κ3) is 5.94. The average Bonchev–Trinajstić information content (AvgIpc) is 2.88. The van der Waals surface area contributed by atoms with Crippen LogP contribution in [0.15, 0.2) is 30.3 Å². The molecule has 0 fully saturated rings. The van der Waals surface area contributed by atoms with Gasteiger partial charge in [0.2, 0.25) is 0 Å². The number of carbonyl (C=O) groups is 2. The van der Waals surface area contributed by atoms with Crippen LogP contribution in [0.1, 0.15) is 40.7 Å². The molecule has 1 aromatic heterocycles. The number of aromatic nitrogens is 1. The summed E-state index contributed by atoms with van der Waals surface area (Å²) in [7, 11) is 0. The number of ketones is 1. The lowest BCUT2D eigenvalue weighted by Crippen LogP contribution is -2.35. The molecule has 2 aromatic rings. The van der Waals surface area contributed by atoms with Crippen molar-refractivity contribution in [1.82, 2.24) is 9.47 Å². The van der Waals surface area contributed by atoms with Gasteiger partial charge in [-0.15, -0.1) is 0 Å². The molecule has 0 aliphatic carbocycles. The number of aliphatic carboxylic acids is 1. The van der Waals surface area contributed by atoms with Crippen molar-refractivity contribution in [2.24, 2.45) is 0 Å². The highest BCUT2D eigenvalue weighted by molar-refractivity contribution is 6.30. The number of aryl methyl sites for hydroxylation is 2. The Balaban J connectivity index is 2.09. The Morgan fingerprint density at radius 1 is 1.15 bits per heavy atom. The first-order valence-corrected chi connectivity index (χ1v) is 9.58. The van der Waals surface area contributed by atoms with Gasteiger partial charge in [-0.1, -0.05) is 30.7 Å². The number of Topliss-reactive ketones (excluding diaryl/α,β-unsaturated/α-hetero) is 1. The second-order valence-electron chi connectivity index (χ2n) is 6.84. The Morgan fingerprint density at radius 3 is 2.41 bits per heavy atom. The fourth-order valence-electron chi connectivity index (χ4n) is 3.33. The summed E-state index contributed by atoms with van der Waals surface area (Å²) in [6.45, 7) is 7.29. The monoisotopic (exact) mass is 390 g/mol. The van der Waals surface area contributed by atoms with Gasteiger partial charge in [-0.05, 0) is 57.0 Å². The molecule has 0 spiro atoms. The molecule has 0 aliphatic rings. The van der Waals surface area contributed by atoms with Gasteiger partial charge >= 0.3 is 5.97 Å². The number of nitrogens with zero attached hydrogens (tertiary/aromatic N) is 2. The topological polar surface area (TPSA) is 62.5 Å². The first kappa shape index (κ1) is 21.2. The van der Waals surface area contributed by atoms with Crippen LogP contribution in [0.4, 0.5) is 0 Å². The van der Waals surface area contributed by atoms with E-state index in [-0.39, 0.29) is 18.9 Å². The minimum atomic E-state index is -0.912. The van der Waals surface area contributed by atoms with E-state index in [4.69, 9.17) is 16.7 Å². The van der Waals surface area contributed by atoms with Gasteiger partial charge < -0.3 is 9.67 Å². The molecule has 0 saturated heterocycles. The highest BCUT2D eigenvalue weighted by Gasteiger charge is 2.19. The summed E-state index contributed by atoms with van der Waals surface area (Å²) in [5.74, 6) is -0.944. The van der Waals surface area contributed by atoms with Gasteiger partial charge in [0, 0.05) is 28.5 Å². The molecule has 27 heavy (non-hydrogen) atoms. The van der Waals surface area contributed by atoms with Crippen LogP contribution in [0.25, 0.3) is 0 Å². The summed E-state index contributed by atoms with van der Waals surface area (Å²) in [4.78, 5) is 25.4. The standard InChI is InChI=1S/C21H27ClN2O3/c1-4-10-23(14-21(26)27)13-20(25)19-12-15(2)24(16(19)3)11-9-17-5-7-18(22)8-6-17/h5-8,12H,4,9-11,13-14H2,1-3H3,(H,26,27). The summed E-state index contributed by atoms with van der Waals surface area (Å²) >= 11 is 5.93. The fourth-order valence-corrected chi connectivity index (χ4v) is 3.46. The number of halogens is 1. The highest BCUT2D eigenvalue weighted by Crippen LogP contribution is 2.18. The van der Waals surface area contributed by atoms with E-state index >= 15 is 0 Å². The molecule has 0 radical (unpaired) electrons. The Hall–Kier alpha value is -2.11. The molecule has 5 nitrogen and oxygen atoms in total. The van der Waals surface area contributed by atoms with Crippen LogP contribution in [0.5, 0.6) is 0 Å². The van der Waals surface area contributed by atoms with Crippen molar-refractivity contribution in [2.75, 3.05) is 19.6 Å². The van der Waals surface area contributed by atoms with Gasteiger partial charge in [0.25, 0.3) is 0 Å². The molecule has 0 atom stereocenters. The summed E-state index contributed by atoms with van der Waals surface area (Å²) in [6, 6.07) is 9.69. The van der Waals surface area contributed by atoms with E-state index in [0.717, 1.165) is 35.8 Å². The average molecular weight is 391 g/mol. The molecule has 146 valence electrons. The van der Waals surface area contributed by atoms with Crippen LogP contribution < -0.4 is 0 Å². The molecule has 1 heterocycles. The van der Waals surface area contributed by atoms with Crippen molar-refractivity contribution >= 4 is 23.4 Å². The SMILES string of the molecule is CCCN(CC(=O)O)CC(=O)c1cc(C)n(CCc2ccc(Cl)cc2)c1C. The van der Waals surface area contributed by atoms with Gasteiger partial charge in [-0.2, -0.15) is 0 Å². The van der Waals surface area contributed by atoms with Crippen LogP contribution in [0, 0.1) is 13.8 Å². The number of hydrogen-bond donors (Lipinski definition) is 1. The number of carboxylic acids is 1. The number of carbonyl (C=O) groups excluding carboxylic acids is 1.